The number of aliphatic hydroxyl groups excluding tert-OH is 1. The van der Waals surface area contributed by atoms with Gasteiger partial charge in [0.25, 0.3) is 0 Å². The Morgan fingerprint density at radius 2 is 2.07 bits per heavy atom. The van der Waals surface area contributed by atoms with Crippen molar-refractivity contribution in [1.82, 2.24) is 0 Å². The van der Waals surface area contributed by atoms with Crippen LogP contribution in [0.15, 0.2) is 52.9 Å². The normalized spacial score (nSPS) is 12.1. The number of rotatable bonds is 8. The maximum Gasteiger partial charge on any atom is 0.338 e. The van der Waals surface area contributed by atoms with E-state index in [1.54, 1.807) is 24.3 Å². The topological polar surface area (TPSA) is 68.9 Å². The van der Waals surface area contributed by atoms with Gasteiger partial charge in [0.1, 0.15) is 29.8 Å². The first-order chi connectivity index (χ1) is 13.1. The molecule has 0 aliphatic carbocycles. The molecule has 3 rings (SSSR count). The monoisotopic (exact) mass is 480 g/mol. The first-order valence-electron chi connectivity index (χ1n) is 8.84. The number of halogens is 1. The average molecular weight is 480 g/mol. The van der Waals surface area contributed by atoms with Crippen LogP contribution in [-0.4, -0.2) is 24.3 Å². The first kappa shape index (κ1) is 19.7. The Bertz CT molecular complexity index is 918. The Balaban J connectivity index is 1.61. The van der Waals surface area contributed by atoms with Gasteiger partial charge in [-0.1, -0.05) is 19.4 Å². The number of hydrogen-bond acceptors (Lipinski definition) is 5. The molecule has 27 heavy (non-hydrogen) atoms. The Hall–Kier alpha value is -2.06. The molecule has 0 fully saturated rings. The summed E-state index contributed by atoms with van der Waals surface area (Å²) in [6, 6.07) is 14.4. The number of fused-ring (bicyclic) bond motifs is 1. The lowest BCUT2D eigenvalue weighted by Gasteiger charge is -2.11. The summed E-state index contributed by atoms with van der Waals surface area (Å²) < 4.78 is 17.6. The molecule has 6 heteroatoms. The van der Waals surface area contributed by atoms with E-state index < -0.39 is 6.10 Å². The van der Waals surface area contributed by atoms with Gasteiger partial charge in [0.2, 0.25) is 0 Å². The lowest BCUT2D eigenvalue weighted by molar-refractivity contribution is 0.0498. The summed E-state index contributed by atoms with van der Waals surface area (Å²) in [4.78, 5) is 12.0. The van der Waals surface area contributed by atoms with Gasteiger partial charge in [-0.2, -0.15) is 0 Å². The van der Waals surface area contributed by atoms with Gasteiger partial charge in [-0.15, -0.1) is 0 Å². The predicted octanol–water partition coefficient (Wildman–Crippen LogP) is 5.11. The molecule has 142 valence electrons. The van der Waals surface area contributed by atoms with Gasteiger partial charge in [0.05, 0.1) is 12.2 Å². The number of hydrogen-bond donors (Lipinski definition) is 1. The number of carbonyl (C=O) groups is 1. The van der Waals surface area contributed by atoms with E-state index in [0.717, 1.165) is 27.4 Å². The number of esters is 1. The second-order valence-corrected chi connectivity index (χ2v) is 7.42. The zero-order valence-electron chi connectivity index (χ0n) is 15.0. The van der Waals surface area contributed by atoms with E-state index in [-0.39, 0.29) is 12.6 Å². The molecule has 0 spiro atoms. The third-order valence-corrected chi connectivity index (χ3v) is 4.71. The van der Waals surface area contributed by atoms with Crippen molar-refractivity contribution >= 4 is 39.5 Å². The fourth-order valence-corrected chi connectivity index (χ4v) is 3.08. The van der Waals surface area contributed by atoms with Gasteiger partial charge in [0.15, 0.2) is 0 Å². The van der Waals surface area contributed by atoms with E-state index in [0.29, 0.717) is 23.7 Å². The zero-order chi connectivity index (χ0) is 19.2. The highest BCUT2D eigenvalue weighted by Gasteiger charge is 2.15. The van der Waals surface area contributed by atoms with Crippen LogP contribution < -0.4 is 4.74 Å². The van der Waals surface area contributed by atoms with Gasteiger partial charge in [-0.25, -0.2) is 4.79 Å². The van der Waals surface area contributed by atoms with Crippen LogP contribution in [0.2, 0.25) is 0 Å². The van der Waals surface area contributed by atoms with E-state index in [1.165, 1.54) is 0 Å². The standard InChI is InChI=1S/C21H21IO5/c1-2-3-9-25-21(24)14-5-4-6-17(11-14)26-13-18(23)20-12-15-10-16(22)7-8-19(15)27-20/h4-8,10-12,18,23H,2-3,9,13H2,1H3. The molecule has 0 aliphatic heterocycles. The molecule has 0 radical (unpaired) electrons. The maximum atomic E-state index is 12.0. The van der Waals surface area contributed by atoms with Gasteiger partial charge in [-0.05, 0) is 71.5 Å². The molecule has 0 saturated heterocycles. The molecule has 1 unspecified atom stereocenters. The fourth-order valence-electron chi connectivity index (χ4n) is 2.56. The van der Waals surface area contributed by atoms with Crippen molar-refractivity contribution in [3.05, 3.63) is 63.4 Å². The minimum atomic E-state index is -0.907. The second kappa shape index (κ2) is 9.23. The first-order valence-corrected chi connectivity index (χ1v) is 9.91. The smallest absolute Gasteiger partial charge is 0.338 e. The summed E-state index contributed by atoms with van der Waals surface area (Å²) in [5, 5.41) is 11.3. The molecule has 0 bridgehead atoms. The number of ether oxygens (including phenoxy) is 2. The Labute approximate surface area is 171 Å². The molecule has 5 nitrogen and oxygen atoms in total. The summed E-state index contributed by atoms with van der Waals surface area (Å²) in [5.41, 5.74) is 1.15. The average Bonchev–Trinajstić information content (AvgIpc) is 3.09. The van der Waals surface area contributed by atoms with Crippen molar-refractivity contribution in [2.75, 3.05) is 13.2 Å². The van der Waals surface area contributed by atoms with Crippen molar-refractivity contribution in [2.24, 2.45) is 0 Å². The van der Waals surface area contributed by atoms with Gasteiger partial charge >= 0.3 is 5.97 Å². The summed E-state index contributed by atoms with van der Waals surface area (Å²) in [6.45, 7) is 2.46. The van der Waals surface area contributed by atoms with Gasteiger partial charge < -0.3 is 19.0 Å². The van der Waals surface area contributed by atoms with Crippen molar-refractivity contribution in [3.8, 4) is 5.75 Å². The van der Waals surface area contributed by atoms with E-state index in [1.807, 2.05) is 31.2 Å². The van der Waals surface area contributed by atoms with Crippen LogP contribution in [0.1, 0.15) is 42.0 Å². The summed E-state index contributed by atoms with van der Waals surface area (Å²) in [7, 11) is 0. The molecule has 1 N–H and O–H groups in total. The molecule has 1 aromatic heterocycles. The lowest BCUT2D eigenvalue weighted by atomic mass is 10.2. The fraction of sp³-hybridized carbons (Fsp3) is 0.286. The summed E-state index contributed by atoms with van der Waals surface area (Å²) >= 11 is 2.23. The molecule has 0 aliphatic rings. The van der Waals surface area contributed by atoms with Crippen molar-refractivity contribution in [2.45, 2.75) is 25.9 Å². The van der Waals surface area contributed by atoms with Gasteiger partial charge in [-0.3, -0.25) is 0 Å². The highest BCUT2D eigenvalue weighted by molar-refractivity contribution is 14.1. The zero-order valence-corrected chi connectivity index (χ0v) is 17.1. The summed E-state index contributed by atoms with van der Waals surface area (Å²) in [5.74, 6) is 0.563. The van der Waals surface area contributed by atoms with Gasteiger partial charge in [0, 0.05) is 8.96 Å². The highest BCUT2D eigenvalue weighted by atomic mass is 127. The van der Waals surface area contributed by atoms with E-state index in [4.69, 9.17) is 13.9 Å². The third kappa shape index (κ3) is 5.23. The van der Waals surface area contributed by atoms with Crippen LogP contribution in [0.4, 0.5) is 0 Å². The number of aliphatic hydroxyl groups is 1. The summed E-state index contributed by atoms with van der Waals surface area (Å²) in [6.07, 6.45) is 0.898. The third-order valence-electron chi connectivity index (χ3n) is 4.03. The number of unbranched alkanes of at least 4 members (excludes halogenated alkanes) is 1. The van der Waals surface area contributed by atoms with Crippen molar-refractivity contribution in [3.63, 3.8) is 0 Å². The minimum Gasteiger partial charge on any atom is -0.490 e. The predicted molar refractivity (Wildman–Crippen MR) is 111 cm³/mol. The lowest BCUT2D eigenvalue weighted by Crippen LogP contribution is -2.10. The molecule has 0 amide bonds. The van der Waals surface area contributed by atoms with Crippen LogP contribution in [0.5, 0.6) is 5.75 Å². The molecule has 3 aromatic rings. The molecular formula is C21H21IO5. The van der Waals surface area contributed by atoms with Crippen LogP contribution in [-0.2, 0) is 4.74 Å². The number of carbonyl (C=O) groups excluding carboxylic acids is 1. The van der Waals surface area contributed by atoms with E-state index in [2.05, 4.69) is 22.6 Å². The van der Waals surface area contributed by atoms with E-state index >= 15 is 0 Å². The van der Waals surface area contributed by atoms with Crippen molar-refractivity contribution < 1.29 is 23.8 Å². The van der Waals surface area contributed by atoms with E-state index in [9.17, 15) is 9.90 Å². The Morgan fingerprint density at radius 1 is 1.22 bits per heavy atom. The molecule has 2 aromatic carbocycles. The molecule has 1 atom stereocenters. The van der Waals surface area contributed by atoms with Crippen molar-refractivity contribution in [1.29, 1.82) is 0 Å². The second-order valence-electron chi connectivity index (χ2n) is 6.18. The van der Waals surface area contributed by atoms with Crippen LogP contribution in [0.25, 0.3) is 11.0 Å². The quantitative estimate of drug-likeness (QED) is 0.276. The number of furan rings is 1. The molecule has 1 heterocycles. The molecule has 0 saturated carbocycles. The number of benzene rings is 2. The largest absolute Gasteiger partial charge is 0.490 e. The minimum absolute atomic E-state index is 0.0191. The Morgan fingerprint density at radius 3 is 2.89 bits per heavy atom. The maximum absolute atomic E-state index is 12.0. The highest BCUT2D eigenvalue weighted by Crippen LogP contribution is 2.26. The molecular weight excluding hydrogens is 459 g/mol. The van der Waals surface area contributed by atoms with Crippen LogP contribution >= 0.6 is 22.6 Å². The SMILES string of the molecule is CCCCOC(=O)c1cccc(OCC(O)c2cc3cc(I)ccc3o2)c1. The Kier molecular flexibility index (Phi) is 6.73. The van der Waals surface area contributed by atoms with Crippen LogP contribution in [0.3, 0.4) is 0 Å². The van der Waals surface area contributed by atoms with Crippen LogP contribution in [0, 0.1) is 3.57 Å².